The van der Waals surface area contributed by atoms with E-state index < -0.39 is 9.84 Å². The van der Waals surface area contributed by atoms with E-state index in [1.807, 2.05) is 30.3 Å². The second kappa shape index (κ2) is 7.11. The van der Waals surface area contributed by atoms with Gasteiger partial charge in [-0.2, -0.15) is 0 Å². The molecule has 1 saturated heterocycles. The molecule has 0 bridgehead atoms. The molecule has 1 amide bonds. The molecule has 5 nitrogen and oxygen atoms in total. The lowest BCUT2D eigenvalue weighted by Crippen LogP contribution is -2.41. The summed E-state index contributed by atoms with van der Waals surface area (Å²) in [5.74, 6) is 0.702. The van der Waals surface area contributed by atoms with E-state index in [0.29, 0.717) is 16.9 Å². The first-order valence-electron chi connectivity index (χ1n) is 7.71. The predicted molar refractivity (Wildman–Crippen MR) is 94.2 cm³/mol. The molecule has 0 N–H and O–H groups in total. The molecule has 1 fully saturated rings. The van der Waals surface area contributed by atoms with Crippen LogP contribution in [-0.4, -0.2) is 36.8 Å². The molecule has 0 aliphatic carbocycles. The maximum absolute atomic E-state index is 12.8. The van der Waals surface area contributed by atoms with Gasteiger partial charge in [0.25, 0.3) is 0 Å². The van der Waals surface area contributed by atoms with Gasteiger partial charge in [0.05, 0.1) is 24.5 Å². The van der Waals surface area contributed by atoms with E-state index in [-0.39, 0.29) is 36.4 Å². The number of carbonyl (C=O) groups is 1. The van der Waals surface area contributed by atoms with Gasteiger partial charge in [-0.25, -0.2) is 8.42 Å². The Balaban J connectivity index is 1.79. The lowest BCUT2D eigenvalue weighted by atomic mass is 10.1. The molecule has 1 aromatic heterocycles. The van der Waals surface area contributed by atoms with Crippen LogP contribution in [0, 0.1) is 0 Å². The zero-order valence-electron chi connectivity index (χ0n) is 13.0. The van der Waals surface area contributed by atoms with Gasteiger partial charge in [-0.1, -0.05) is 30.3 Å². The highest BCUT2D eigenvalue weighted by Crippen LogP contribution is 2.23. The number of halogens is 1. The summed E-state index contributed by atoms with van der Waals surface area (Å²) in [6.07, 6.45) is 0.726. The molecule has 24 heavy (non-hydrogen) atoms. The average Bonchev–Trinajstić information content (AvgIpc) is 3.11. The Kier molecular flexibility index (Phi) is 5.10. The summed E-state index contributed by atoms with van der Waals surface area (Å²) < 4.78 is 29.7. The fourth-order valence-electron chi connectivity index (χ4n) is 2.92. The fourth-order valence-corrected chi connectivity index (χ4v) is 4.99. The van der Waals surface area contributed by atoms with Crippen molar-refractivity contribution in [1.29, 1.82) is 0 Å². The summed E-state index contributed by atoms with van der Waals surface area (Å²) in [5, 5.41) is 0. The van der Waals surface area contributed by atoms with Crippen molar-refractivity contribution in [3.8, 4) is 0 Å². The normalized spacial score (nSPS) is 19.3. The Labute approximate surface area is 149 Å². The highest BCUT2D eigenvalue weighted by molar-refractivity contribution is 9.10. The molecule has 0 spiro atoms. The molecular weight excluding hydrogens is 394 g/mol. The second-order valence-corrected chi connectivity index (χ2v) is 8.96. The van der Waals surface area contributed by atoms with E-state index in [4.69, 9.17) is 4.42 Å². The van der Waals surface area contributed by atoms with Gasteiger partial charge in [-0.3, -0.25) is 4.79 Å². The fraction of sp³-hybridized carbons (Fsp3) is 0.353. The lowest BCUT2D eigenvalue weighted by Gasteiger charge is -2.27. The minimum Gasteiger partial charge on any atom is -0.452 e. The van der Waals surface area contributed by atoms with Crippen LogP contribution >= 0.6 is 15.9 Å². The number of benzene rings is 1. The minimum atomic E-state index is -3.07. The molecule has 1 unspecified atom stereocenters. The van der Waals surface area contributed by atoms with Gasteiger partial charge in [0.15, 0.2) is 14.5 Å². The van der Waals surface area contributed by atoms with Crippen LogP contribution in [0.4, 0.5) is 0 Å². The van der Waals surface area contributed by atoms with Crippen LogP contribution in [-0.2, 0) is 27.6 Å². The van der Waals surface area contributed by atoms with Gasteiger partial charge >= 0.3 is 0 Å². The number of amides is 1. The number of carbonyl (C=O) groups excluding carboxylic acids is 1. The van der Waals surface area contributed by atoms with E-state index in [0.717, 1.165) is 5.56 Å². The number of hydrogen-bond acceptors (Lipinski definition) is 4. The van der Waals surface area contributed by atoms with Crippen LogP contribution in [0.1, 0.15) is 17.7 Å². The molecule has 3 rings (SSSR count). The molecule has 0 saturated carbocycles. The van der Waals surface area contributed by atoms with Crippen molar-refractivity contribution < 1.29 is 17.6 Å². The van der Waals surface area contributed by atoms with E-state index in [1.54, 1.807) is 17.0 Å². The highest BCUT2D eigenvalue weighted by Gasteiger charge is 2.35. The van der Waals surface area contributed by atoms with Gasteiger partial charge in [-0.15, -0.1) is 0 Å². The first-order valence-corrected chi connectivity index (χ1v) is 10.3. The third-order valence-corrected chi connectivity index (χ3v) is 6.30. The summed E-state index contributed by atoms with van der Waals surface area (Å²) in [5.41, 5.74) is 0.911. The maximum Gasteiger partial charge on any atom is 0.227 e. The van der Waals surface area contributed by atoms with Crippen molar-refractivity contribution in [1.82, 2.24) is 4.90 Å². The molecular formula is C17H18BrNO4S. The molecule has 0 radical (unpaired) electrons. The summed E-state index contributed by atoms with van der Waals surface area (Å²) in [6, 6.07) is 12.7. The molecule has 2 aromatic rings. The quantitative estimate of drug-likeness (QED) is 0.758. The van der Waals surface area contributed by atoms with Crippen molar-refractivity contribution in [2.75, 3.05) is 11.5 Å². The predicted octanol–water partition coefficient (Wildman–Crippen LogP) is 2.80. The Morgan fingerprint density at radius 1 is 1.21 bits per heavy atom. The van der Waals surface area contributed by atoms with Gasteiger partial charge in [0.2, 0.25) is 5.91 Å². The molecule has 1 aliphatic rings. The van der Waals surface area contributed by atoms with E-state index in [9.17, 15) is 13.2 Å². The summed E-state index contributed by atoms with van der Waals surface area (Å²) in [6.45, 7) is 0.275. The third-order valence-electron chi connectivity index (χ3n) is 4.12. The van der Waals surface area contributed by atoms with Crippen molar-refractivity contribution in [3.63, 3.8) is 0 Å². The molecule has 2 heterocycles. The van der Waals surface area contributed by atoms with Gasteiger partial charge in [0.1, 0.15) is 5.76 Å². The number of rotatable bonds is 5. The number of furan rings is 1. The van der Waals surface area contributed by atoms with Crippen molar-refractivity contribution >= 4 is 31.7 Å². The largest absolute Gasteiger partial charge is 0.452 e. The lowest BCUT2D eigenvalue weighted by molar-refractivity contribution is -0.133. The Morgan fingerprint density at radius 2 is 1.96 bits per heavy atom. The second-order valence-electron chi connectivity index (χ2n) is 5.95. The molecule has 1 aromatic carbocycles. The smallest absolute Gasteiger partial charge is 0.227 e. The van der Waals surface area contributed by atoms with Crippen molar-refractivity contribution in [2.24, 2.45) is 0 Å². The van der Waals surface area contributed by atoms with Crippen LogP contribution in [0.25, 0.3) is 0 Å². The van der Waals surface area contributed by atoms with Crippen LogP contribution in [0.15, 0.2) is 51.6 Å². The van der Waals surface area contributed by atoms with Crippen molar-refractivity contribution in [3.05, 3.63) is 58.5 Å². The van der Waals surface area contributed by atoms with E-state index >= 15 is 0 Å². The number of hydrogen-bond donors (Lipinski definition) is 0. The summed E-state index contributed by atoms with van der Waals surface area (Å²) in [4.78, 5) is 14.4. The van der Waals surface area contributed by atoms with E-state index in [1.165, 1.54) is 0 Å². The van der Waals surface area contributed by atoms with Crippen LogP contribution in [0.5, 0.6) is 0 Å². The minimum absolute atomic E-state index is 0.0232. The van der Waals surface area contributed by atoms with Gasteiger partial charge in [-0.05, 0) is 40.0 Å². The molecule has 1 atom stereocenters. The Bertz CT molecular complexity index is 816. The van der Waals surface area contributed by atoms with Gasteiger partial charge < -0.3 is 9.32 Å². The highest BCUT2D eigenvalue weighted by atomic mass is 79.9. The maximum atomic E-state index is 12.8. The zero-order chi connectivity index (χ0) is 17.2. The molecule has 7 heteroatoms. The van der Waals surface area contributed by atoms with Crippen molar-refractivity contribution in [2.45, 2.75) is 25.4 Å². The van der Waals surface area contributed by atoms with E-state index in [2.05, 4.69) is 15.9 Å². The molecule has 128 valence electrons. The zero-order valence-corrected chi connectivity index (χ0v) is 15.4. The Morgan fingerprint density at radius 3 is 2.54 bits per heavy atom. The topological polar surface area (TPSA) is 67.6 Å². The van der Waals surface area contributed by atoms with Crippen LogP contribution in [0.2, 0.25) is 0 Å². The monoisotopic (exact) mass is 411 g/mol. The first kappa shape index (κ1) is 17.2. The SMILES string of the molecule is O=C(Cc1ccccc1)N(Cc1ccc(Br)o1)C1CCS(=O)(=O)C1. The molecule has 1 aliphatic heterocycles. The first-order chi connectivity index (χ1) is 11.4. The number of sulfone groups is 1. The van der Waals surface area contributed by atoms with Gasteiger partial charge in [0, 0.05) is 6.04 Å². The summed E-state index contributed by atoms with van der Waals surface area (Å²) in [7, 11) is -3.07. The summed E-state index contributed by atoms with van der Waals surface area (Å²) >= 11 is 3.25. The number of nitrogens with zero attached hydrogens (tertiary/aromatic N) is 1. The van der Waals surface area contributed by atoms with Crippen LogP contribution in [0.3, 0.4) is 0 Å². The average molecular weight is 412 g/mol. The van der Waals surface area contributed by atoms with Crippen LogP contribution < -0.4 is 0 Å². The standard InChI is InChI=1S/C17H18BrNO4S/c18-16-7-6-15(23-16)11-19(14-8-9-24(21,22)12-14)17(20)10-13-4-2-1-3-5-13/h1-7,14H,8-12H2. The third kappa shape index (κ3) is 4.27. The Hall–Kier alpha value is -1.60.